The molecule has 4 heteroatoms. The lowest BCUT2D eigenvalue weighted by atomic mass is 10.2. The van der Waals surface area contributed by atoms with Crippen LogP contribution in [0.25, 0.3) is 10.8 Å². The van der Waals surface area contributed by atoms with Gasteiger partial charge in [0.1, 0.15) is 5.01 Å². The first kappa shape index (κ1) is 11.1. The Kier molecular flexibility index (Phi) is 3.88. The van der Waals surface area contributed by atoms with Crippen LogP contribution in [0, 0.1) is 0 Å². The summed E-state index contributed by atoms with van der Waals surface area (Å²) < 4.78 is 5.27. The number of nitrogens with zero attached hydrogens (tertiary/aromatic N) is 2. The lowest BCUT2D eigenvalue weighted by molar-refractivity contribution is 0.581. The zero-order chi connectivity index (χ0) is 11.2. The second-order valence-corrected chi connectivity index (χ2v) is 4.50. The molecule has 0 radical (unpaired) electrons. The maximum atomic E-state index is 5.27. The monoisotopic (exact) mass is 234 g/mol. The van der Waals surface area contributed by atoms with Gasteiger partial charge in [-0.2, -0.15) is 0 Å². The Morgan fingerprint density at radius 3 is 3.12 bits per heavy atom. The summed E-state index contributed by atoms with van der Waals surface area (Å²) in [5.74, 6) is 0.803. The highest BCUT2D eigenvalue weighted by atomic mass is 32.1. The van der Waals surface area contributed by atoms with Crippen LogP contribution in [0.4, 0.5) is 0 Å². The summed E-state index contributed by atoms with van der Waals surface area (Å²) in [6.07, 6.45) is 9.12. The molecule has 0 N–H and O–H groups in total. The quantitative estimate of drug-likeness (QED) is 0.585. The Balaban J connectivity index is 1.93. The molecule has 0 amide bonds. The normalized spacial score (nSPS) is 11.3. The molecule has 16 heavy (non-hydrogen) atoms. The van der Waals surface area contributed by atoms with Crippen molar-refractivity contribution in [2.45, 2.75) is 26.2 Å². The van der Waals surface area contributed by atoms with Crippen molar-refractivity contribution in [2.24, 2.45) is 0 Å². The molecule has 0 unspecified atom stereocenters. The molecular weight excluding hydrogens is 220 g/mol. The topological polar surface area (TPSA) is 38.9 Å². The first-order chi connectivity index (χ1) is 7.90. The third-order valence-electron chi connectivity index (χ3n) is 2.20. The van der Waals surface area contributed by atoms with Crippen LogP contribution >= 0.6 is 11.3 Å². The molecule has 0 aromatic carbocycles. The molecular formula is C12H14N2OS. The van der Waals surface area contributed by atoms with Gasteiger partial charge in [0.05, 0.1) is 6.26 Å². The summed E-state index contributed by atoms with van der Waals surface area (Å²) in [7, 11) is 0. The van der Waals surface area contributed by atoms with Crippen molar-refractivity contribution in [2.75, 3.05) is 0 Å². The average molecular weight is 234 g/mol. The number of aromatic nitrogens is 2. The SMILES string of the molecule is CC=CCCCc1nnc(-c2ccco2)s1. The Morgan fingerprint density at radius 1 is 1.44 bits per heavy atom. The van der Waals surface area contributed by atoms with Gasteiger partial charge in [-0.05, 0) is 31.9 Å². The van der Waals surface area contributed by atoms with Gasteiger partial charge in [0, 0.05) is 6.42 Å². The van der Waals surface area contributed by atoms with E-state index < -0.39 is 0 Å². The largest absolute Gasteiger partial charge is 0.462 e. The molecule has 84 valence electrons. The molecule has 0 saturated heterocycles. The Morgan fingerprint density at radius 2 is 2.38 bits per heavy atom. The van der Waals surface area contributed by atoms with Crippen LogP contribution in [0.3, 0.4) is 0 Å². The summed E-state index contributed by atoms with van der Waals surface area (Å²) in [4.78, 5) is 0. The number of allylic oxidation sites excluding steroid dienone is 2. The number of hydrogen-bond donors (Lipinski definition) is 0. The van der Waals surface area contributed by atoms with Gasteiger partial charge < -0.3 is 4.42 Å². The Labute approximate surface area is 98.8 Å². The van der Waals surface area contributed by atoms with E-state index in [2.05, 4.69) is 22.3 Å². The fraction of sp³-hybridized carbons (Fsp3) is 0.333. The van der Waals surface area contributed by atoms with Gasteiger partial charge >= 0.3 is 0 Å². The third-order valence-corrected chi connectivity index (χ3v) is 3.19. The molecule has 2 aromatic rings. The van der Waals surface area contributed by atoms with E-state index in [4.69, 9.17) is 4.42 Å². The molecule has 0 aliphatic heterocycles. The predicted octanol–water partition coefficient (Wildman–Crippen LogP) is 3.70. The van der Waals surface area contributed by atoms with E-state index >= 15 is 0 Å². The number of hydrogen-bond acceptors (Lipinski definition) is 4. The minimum absolute atomic E-state index is 0.803. The predicted molar refractivity (Wildman–Crippen MR) is 65.4 cm³/mol. The van der Waals surface area contributed by atoms with Gasteiger partial charge in [0.15, 0.2) is 10.8 Å². The van der Waals surface area contributed by atoms with Crippen LogP contribution in [0.1, 0.15) is 24.8 Å². The van der Waals surface area contributed by atoms with Gasteiger partial charge in [-0.1, -0.05) is 23.5 Å². The van der Waals surface area contributed by atoms with Crippen molar-refractivity contribution >= 4 is 11.3 Å². The Bertz CT molecular complexity index is 445. The summed E-state index contributed by atoms with van der Waals surface area (Å²) in [6.45, 7) is 2.04. The lowest BCUT2D eigenvalue weighted by Gasteiger charge is -1.90. The highest BCUT2D eigenvalue weighted by Crippen LogP contribution is 2.24. The van der Waals surface area contributed by atoms with Gasteiger partial charge in [-0.3, -0.25) is 0 Å². The van der Waals surface area contributed by atoms with Crippen LogP contribution in [0.5, 0.6) is 0 Å². The van der Waals surface area contributed by atoms with Crippen molar-refractivity contribution < 1.29 is 4.42 Å². The van der Waals surface area contributed by atoms with E-state index in [1.54, 1.807) is 17.6 Å². The maximum absolute atomic E-state index is 5.27. The molecule has 0 atom stereocenters. The molecule has 2 rings (SSSR count). The molecule has 0 fully saturated rings. The van der Waals surface area contributed by atoms with Crippen LogP contribution < -0.4 is 0 Å². The Hall–Kier alpha value is -1.42. The van der Waals surface area contributed by atoms with E-state index in [9.17, 15) is 0 Å². The van der Waals surface area contributed by atoms with E-state index in [-0.39, 0.29) is 0 Å². The summed E-state index contributed by atoms with van der Waals surface area (Å²) in [5, 5.41) is 10.2. The zero-order valence-corrected chi connectivity index (χ0v) is 10.0. The van der Waals surface area contributed by atoms with Crippen LogP contribution in [0.2, 0.25) is 0 Å². The van der Waals surface area contributed by atoms with Crippen molar-refractivity contribution in [3.05, 3.63) is 35.6 Å². The van der Waals surface area contributed by atoms with Crippen molar-refractivity contribution in [1.82, 2.24) is 10.2 Å². The first-order valence-corrected chi connectivity index (χ1v) is 6.19. The average Bonchev–Trinajstić information content (AvgIpc) is 2.94. The highest BCUT2D eigenvalue weighted by molar-refractivity contribution is 7.14. The van der Waals surface area contributed by atoms with Gasteiger partial charge in [0.25, 0.3) is 0 Å². The summed E-state index contributed by atoms with van der Waals surface area (Å²) >= 11 is 1.61. The van der Waals surface area contributed by atoms with E-state index in [1.165, 1.54) is 0 Å². The smallest absolute Gasteiger partial charge is 0.183 e. The second-order valence-electron chi connectivity index (χ2n) is 3.44. The molecule has 0 spiro atoms. The molecule has 2 aromatic heterocycles. The first-order valence-electron chi connectivity index (χ1n) is 5.37. The maximum Gasteiger partial charge on any atom is 0.183 e. The second kappa shape index (κ2) is 5.61. The van der Waals surface area contributed by atoms with Gasteiger partial charge in [0.2, 0.25) is 0 Å². The van der Waals surface area contributed by atoms with Gasteiger partial charge in [-0.25, -0.2) is 0 Å². The minimum Gasteiger partial charge on any atom is -0.462 e. The van der Waals surface area contributed by atoms with Crippen LogP contribution in [-0.4, -0.2) is 10.2 Å². The number of unbranched alkanes of at least 4 members (excludes halogenated alkanes) is 1. The standard InChI is InChI=1S/C12H14N2OS/c1-2-3-4-5-8-11-13-14-12(16-11)10-7-6-9-15-10/h2-3,6-7,9H,4-5,8H2,1H3. The zero-order valence-electron chi connectivity index (χ0n) is 9.22. The molecule has 0 bridgehead atoms. The molecule has 0 aliphatic carbocycles. The van der Waals surface area contributed by atoms with Crippen molar-refractivity contribution in [3.63, 3.8) is 0 Å². The van der Waals surface area contributed by atoms with Crippen LogP contribution in [-0.2, 0) is 6.42 Å². The summed E-state index contributed by atoms with van der Waals surface area (Å²) in [6, 6.07) is 3.77. The van der Waals surface area contributed by atoms with Crippen LogP contribution in [0.15, 0.2) is 35.0 Å². The number of aryl methyl sites for hydroxylation is 1. The van der Waals surface area contributed by atoms with E-state index in [0.717, 1.165) is 35.0 Å². The highest BCUT2D eigenvalue weighted by Gasteiger charge is 2.07. The van der Waals surface area contributed by atoms with E-state index in [1.807, 2.05) is 19.1 Å². The van der Waals surface area contributed by atoms with Crippen molar-refractivity contribution in [1.29, 1.82) is 0 Å². The molecule has 0 saturated carbocycles. The molecule has 2 heterocycles. The lowest BCUT2D eigenvalue weighted by Crippen LogP contribution is -1.82. The number of furan rings is 1. The third kappa shape index (κ3) is 2.79. The summed E-state index contributed by atoms with van der Waals surface area (Å²) in [5.41, 5.74) is 0. The fourth-order valence-electron chi connectivity index (χ4n) is 1.39. The van der Waals surface area contributed by atoms with Crippen molar-refractivity contribution in [3.8, 4) is 10.8 Å². The number of rotatable bonds is 5. The minimum atomic E-state index is 0.803. The van der Waals surface area contributed by atoms with Gasteiger partial charge in [-0.15, -0.1) is 10.2 Å². The fourth-order valence-corrected chi connectivity index (χ4v) is 2.24. The molecule has 0 aliphatic rings. The van der Waals surface area contributed by atoms with E-state index in [0.29, 0.717) is 0 Å². The molecule has 3 nitrogen and oxygen atoms in total.